The number of nitrogens with one attached hydrogen (secondary N) is 2. The van der Waals surface area contributed by atoms with Crippen LogP contribution >= 0.6 is 0 Å². The molecule has 1 rings (SSSR count). The van der Waals surface area contributed by atoms with Crippen LogP contribution in [0.2, 0.25) is 0 Å². The summed E-state index contributed by atoms with van der Waals surface area (Å²) in [4.78, 5) is 98.1. The van der Waals surface area contributed by atoms with Crippen LogP contribution in [-0.4, -0.2) is 147 Å². The van der Waals surface area contributed by atoms with Crippen molar-refractivity contribution in [2.75, 3.05) is 66.5 Å². The maximum atomic E-state index is 14.0. The minimum absolute atomic E-state index is 0.0411. The number of hydrogen-bond acceptors (Lipinski definition) is 13. The second kappa shape index (κ2) is 66.1. The fourth-order valence-electron chi connectivity index (χ4n) is 13.3. The molecule has 0 heterocycles. The first-order valence-electron chi connectivity index (χ1n) is 42.2. The number of benzene rings is 1. The molecule has 3 amide bonds. The minimum atomic E-state index is -0.318. The van der Waals surface area contributed by atoms with Crippen molar-refractivity contribution in [3.8, 4) is 0 Å². The molecule has 4 atom stereocenters. The molecule has 0 radical (unpaired) electrons. The maximum absolute atomic E-state index is 14.0. The van der Waals surface area contributed by atoms with E-state index in [4.69, 9.17) is 18.9 Å². The zero-order valence-electron chi connectivity index (χ0n) is 66.9. The molecule has 2 N–H and O–H groups in total. The Bertz CT molecular complexity index is 1990. The van der Waals surface area contributed by atoms with E-state index in [0.29, 0.717) is 38.8 Å². The summed E-state index contributed by atoms with van der Waals surface area (Å²) in [6.45, 7) is 23.6. The Kier molecular flexibility index (Phi) is 61.8. The minimum Gasteiger partial charge on any atom is -0.462 e. The lowest BCUT2D eigenvalue weighted by Crippen LogP contribution is -2.32. The van der Waals surface area contributed by atoms with Gasteiger partial charge in [0.1, 0.15) is 24.4 Å². The average Bonchev–Trinajstić information content (AvgIpc) is 0.827. The van der Waals surface area contributed by atoms with Gasteiger partial charge in [0.25, 0.3) is 17.7 Å². The number of carbonyl (C=O) groups is 7. The summed E-state index contributed by atoms with van der Waals surface area (Å²) in [5.41, 5.74) is 0.844. The van der Waals surface area contributed by atoms with Crippen LogP contribution in [0.25, 0.3) is 0 Å². The van der Waals surface area contributed by atoms with E-state index in [-0.39, 0.29) is 82.7 Å². The molecule has 0 aromatic heterocycles. The molecule has 0 bridgehead atoms. The molecule has 4 unspecified atom stereocenters. The number of hydrogen-bond donors (Lipinski definition) is 2. The fraction of sp³-hybridized carbons (Fsp3) is 0.847. The highest BCUT2D eigenvalue weighted by molar-refractivity contribution is 6.04. The lowest BCUT2D eigenvalue weighted by molar-refractivity contribution is -0.150. The van der Waals surface area contributed by atoms with Gasteiger partial charge in [-0.25, -0.2) is 0 Å². The van der Waals surface area contributed by atoms with Gasteiger partial charge in [-0.1, -0.05) is 209 Å². The third kappa shape index (κ3) is 52.9. The molecule has 1 aromatic rings. The summed E-state index contributed by atoms with van der Waals surface area (Å²) in [6.07, 6.45) is 50.0. The van der Waals surface area contributed by atoms with Crippen molar-refractivity contribution in [1.29, 1.82) is 0 Å². The number of esters is 4. The Morgan fingerprint density at radius 3 is 0.762 bits per heavy atom. The molecule has 0 fully saturated rings. The lowest BCUT2D eigenvalue weighted by Gasteiger charge is -2.23. The summed E-state index contributed by atoms with van der Waals surface area (Å²) in [5.74, 6) is -1.15. The van der Waals surface area contributed by atoms with Gasteiger partial charge in [0.05, 0.1) is 0 Å². The van der Waals surface area contributed by atoms with Crippen LogP contribution in [0, 0.1) is 0 Å². The first kappa shape index (κ1) is 94.4. The molecular weight excluding hydrogens is 1270 g/mol. The van der Waals surface area contributed by atoms with E-state index in [2.05, 4.69) is 75.8 Å². The number of ether oxygens (including phenoxy) is 4. The van der Waals surface area contributed by atoms with Crippen molar-refractivity contribution < 1.29 is 52.5 Å². The Balaban J connectivity index is 2.93. The molecule has 0 saturated heterocycles. The smallest absolute Gasteiger partial charge is 0.306 e. The van der Waals surface area contributed by atoms with Gasteiger partial charge < -0.3 is 44.3 Å². The Hall–Kier alpha value is -4.57. The van der Waals surface area contributed by atoms with Crippen LogP contribution in [0.1, 0.15) is 408 Å². The van der Waals surface area contributed by atoms with Crippen molar-refractivity contribution in [2.45, 2.75) is 401 Å². The van der Waals surface area contributed by atoms with Gasteiger partial charge in [-0.3, -0.25) is 33.6 Å². The Morgan fingerprint density at radius 1 is 0.297 bits per heavy atom. The zero-order valence-corrected chi connectivity index (χ0v) is 66.9. The van der Waals surface area contributed by atoms with E-state index >= 15 is 0 Å². The second-order valence-electron chi connectivity index (χ2n) is 29.4. The molecule has 16 heteroatoms. The maximum Gasteiger partial charge on any atom is 0.306 e. The van der Waals surface area contributed by atoms with Gasteiger partial charge in [0.2, 0.25) is 0 Å². The van der Waals surface area contributed by atoms with Gasteiger partial charge >= 0.3 is 23.9 Å². The summed E-state index contributed by atoms with van der Waals surface area (Å²) in [6, 6.07) is 4.79. The van der Waals surface area contributed by atoms with Crippen molar-refractivity contribution in [1.82, 2.24) is 25.3 Å². The number of nitrogens with zero attached hydrogens (tertiary/aromatic N) is 3. The quantitative estimate of drug-likeness (QED) is 0.0356. The van der Waals surface area contributed by atoms with E-state index in [1.807, 2.05) is 0 Å². The number of amides is 3. The van der Waals surface area contributed by atoms with Gasteiger partial charge in [-0.15, -0.1) is 0 Å². The molecule has 0 spiro atoms. The molecule has 586 valence electrons. The predicted octanol–water partition coefficient (Wildman–Crippen LogP) is 20.8. The normalized spacial score (nSPS) is 12.7. The topological polar surface area (TPSA) is 190 Å². The molecule has 1 aromatic carbocycles. The molecule has 101 heavy (non-hydrogen) atoms. The highest BCUT2D eigenvalue weighted by Crippen LogP contribution is 2.21. The predicted molar refractivity (Wildman–Crippen MR) is 418 cm³/mol. The van der Waals surface area contributed by atoms with E-state index in [1.165, 1.54) is 30.6 Å². The van der Waals surface area contributed by atoms with Crippen LogP contribution in [0.3, 0.4) is 0 Å². The van der Waals surface area contributed by atoms with E-state index in [1.54, 1.807) is 32.3 Å². The number of carbonyl (C=O) groups excluding carboxylic acids is 7. The third-order valence-corrected chi connectivity index (χ3v) is 19.9. The molecule has 0 aliphatic rings. The van der Waals surface area contributed by atoms with E-state index in [9.17, 15) is 33.6 Å². The second-order valence-corrected chi connectivity index (χ2v) is 29.4. The monoisotopic (exact) mass is 1420 g/mol. The molecule has 0 saturated carbocycles. The van der Waals surface area contributed by atoms with Gasteiger partial charge in [-0.05, 0) is 199 Å². The SMILES string of the molecule is CCCCCC(CC)OC(=O)CCCCCCCCN(CCCCCCCCC(=O)OC(CC)CCCCC)CCCNC(=O)c1cc(C(=O)NCCCN(CCCCCCCCC(=O)OC(CC)CCCCC)CCCCCCCCC(=O)OC(CC)CCCCC)cc(C(=O)N(C)C)c1. The summed E-state index contributed by atoms with van der Waals surface area (Å²) in [7, 11) is 3.34. The average molecular weight is 1420 g/mol. The zero-order chi connectivity index (χ0) is 74.2. The number of rotatable bonds is 71. The van der Waals surface area contributed by atoms with Crippen LogP contribution in [-0.2, 0) is 38.1 Å². The Labute approximate surface area is 618 Å². The first-order chi connectivity index (χ1) is 49.1. The van der Waals surface area contributed by atoms with Crippen molar-refractivity contribution >= 4 is 41.6 Å². The molecule has 16 nitrogen and oxygen atoms in total. The van der Waals surface area contributed by atoms with Crippen molar-refractivity contribution in [2.24, 2.45) is 0 Å². The standard InChI is InChI=1S/C85H155N5O11/c1-11-19-39-53-75(15-5)98-79(91)57-43-31-23-27-35-47-63-89(64-48-36-28-24-32-44-58-80(92)99-76(16-6)54-40-20-12-2)67-51-61-86-83(95)72-69-73(71-74(70-72)85(97)88(9)10)84(96)87-62-52-68-90(65-49-37-29-25-33-45-59-81(93)100-77(17-7)55-41-21-13-3)66-50-38-30-26-34-46-60-82(94)101-78(18-8)56-42-22-14-4/h69-71,75-78H,11-68H2,1-10H3,(H,86,95)(H,87,96). The van der Waals surface area contributed by atoms with Crippen LogP contribution in [0.5, 0.6) is 0 Å². The van der Waals surface area contributed by atoms with E-state index in [0.717, 1.165) is 309 Å². The number of unbranched alkanes of at least 4 members (excludes halogenated alkanes) is 28. The van der Waals surface area contributed by atoms with Crippen LogP contribution in [0.4, 0.5) is 0 Å². The van der Waals surface area contributed by atoms with Gasteiger partial charge in [0.15, 0.2) is 0 Å². The highest BCUT2D eigenvalue weighted by atomic mass is 16.6. The third-order valence-electron chi connectivity index (χ3n) is 19.9. The van der Waals surface area contributed by atoms with Crippen LogP contribution < -0.4 is 10.6 Å². The molecule has 0 aliphatic carbocycles. The largest absolute Gasteiger partial charge is 0.462 e. The summed E-state index contributed by atoms with van der Waals surface area (Å²) < 4.78 is 23.1. The molecule has 0 aliphatic heterocycles. The van der Waals surface area contributed by atoms with Crippen LogP contribution in [0.15, 0.2) is 18.2 Å². The molecular formula is C85H155N5O11. The van der Waals surface area contributed by atoms with Gasteiger partial charge in [-0.2, -0.15) is 0 Å². The highest BCUT2D eigenvalue weighted by Gasteiger charge is 2.20. The first-order valence-corrected chi connectivity index (χ1v) is 42.2. The van der Waals surface area contributed by atoms with Crippen molar-refractivity contribution in [3.05, 3.63) is 34.9 Å². The Morgan fingerprint density at radius 2 is 0.525 bits per heavy atom. The fourth-order valence-corrected chi connectivity index (χ4v) is 13.3. The lowest BCUT2D eigenvalue weighted by atomic mass is 10.0. The summed E-state index contributed by atoms with van der Waals surface area (Å²) in [5, 5.41) is 6.23. The summed E-state index contributed by atoms with van der Waals surface area (Å²) >= 11 is 0. The van der Waals surface area contributed by atoms with Gasteiger partial charge in [0, 0.05) is 69.6 Å². The van der Waals surface area contributed by atoms with Crippen molar-refractivity contribution in [3.63, 3.8) is 0 Å². The van der Waals surface area contributed by atoms with E-state index < -0.39 is 0 Å².